The third kappa shape index (κ3) is 4.29. The van der Waals surface area contributed by atoms with E-state index in [1.54, 1.807) is 0 Å². The predicted octanol–water partition coefficient (Wildman–Crippen LogP) is 3.79. The second-order valence-electron chi connectivity index (χ2n) is 3.97. The summed E-state index contributed by atoms with van der Waals surface area (Å²) in [5, 5.41) is 0.618. The van der Waals surface area contributed by atoms with E-state index in [1.165, 1.54) is 9.31 Å². The van der Waals surface area contributed by atoms with E-state index in [9.17, 15) is 0 Å². The van der Waals surface area contributed by atoms with Crippen molar-refractivity contribution in [1.82, 2.24) is 0 Å². The third-order valence-corrected chi connectivity index (χ3v) is 4.43. The van der Waals surface area contributed by atoms with Crippen LogP contribution in [-0.2, 0) is 0 Å². The van der Waals surface area contributed by atoms with Crippen molar-refractivity contribution in [2.24, 2.45) is 0 Å². The first kappa shape index (κ1) is 13.8. The number of hydrogen-bond donors (Lipinski definition) is 0. The van der Waals surface area contributed by atoms with Crippen LogP contribution in [-0.4, -0.2) is 24.6 Å². The van der Waals surface area contributed by atoms with Crippen LogP contribution in [0.15, 0.2) is 43.0 Å². The topological polar surface area (TPSA) is 0 Å². The van der Waals surface area contributed by atoms with Crippen LogP contribution in [0.4, 0.5) is 0 Å². The monoisotopic (exact) mass is 298 g/mol. The van der Waals surface area contributed by atoms with E-state index in [2.05, 4.69) is 66.3 Å². The molecule has 0 aromatic heterocycles. The van der Waals surface area contributed by atoms with Gasteiger partial charge in [0.25, 0.3) is 0 Å². The quantitative estimate of drug-likeness (QED) is 0.569. The Hall–Kier alpha value is -0.301. The molecule has 0 fully saturated rings. The molecule has 1 atom stereocenters. The van der Waals surface area contributed by atoms with Crippen molar-refractivity contribution in [2.75, 3.05) is 0 Å². The van der Waals surface area contributed by atoms with Crippen molar-refractivity contribution in [1.29, 1.82) is 0 Å². The zero-order valence-electron chi connectivity index (χ0n) is 9.85. The molecule has 1 aromatic carbocycles. The molecule has 0 bridgehead atoms. The molecule has 0 amide bonds. The molecule has 0 radical (unpaired) electrons. The molecule has 0 nitrogen and oxygen atoms in total. The molecular formula is C14H18SSe. The summed E-state index contributed by atoms with van der Waals surface area (Å²) in [6.07, 6.45) is 2.99. The normalized spacial score (nSPS) is 12.4. The number of benzene rings is 1. The van der Waals surface area contributed by atoms with Crippen molar-refractivity contribution >= 4 is 31.1 Å². The van der Waals surface area contributed by atoms with E-state index in [1.807, 2.05) is 17.8 Å². The first-order valence-corrected chi connectivity index (χ1v) is 7.25. The second kappa shape index (κ2) is 7.11. The van der Waals surface area contributed by atoms with Gasteiger partial charge in [0.2, 0.25) is 0 Å². The zero-order chi connectivity index (χ0) is 12.0. The van der Waals surface area contributed by atoms with E-state index in [0.717, 1.165) is 6.42 Å². The number of rotatable bonds is 6. The third-order valence-electron chi connectivity index (χ3n) is 2.24. The van der Waals surface area contributed by atoms with Crippen molar-refractivity contribution in [3.05, 3.63) is 48.6 Å². The SMILES string of the molecule is C=CCC(C(=[Se])SC(C)C)c1ccccc1. The standard InChI is InChI=1S/C14H18SSe/c1-4-8-13(14(16)15-11(2)3)12-9-6-5-7-10-12/h4-7,9-11,13H,1,8H2,2-3H3. The van der Waals surface area contributed by atoms with E-state index >= 15 is 0 Å². The second-order valence-corrected chi connectivity index (χ2v) is 7.10. The molecular weight excluding hydrogens is 279 g/mol. The summed E-state index contributed by atoms with van der Waals surface area (Å²) in [6, 6.07) is 10.6. The van der Waals surface area contributed by atoms with Gasteiger partial charge in [-0.2, -0.15) is 0 Å². The van der Waals surface area contributed by atoms with Gasteiger partial charge in [-0.25, -0.2) is 0 Å². The summed E-state index contributed by atoms with van der Waals surface area (Å²) in [5.74, 6) is 0.450. The van der Waals surface area contributed by atoms with Crippen LogP contribution >= 0.6 is 11.8 Å². The molecule has 86 valence electrons. The van der Waals surface area contributed by atoms with Crippen LogP contribution in [0.1, 0.15) is 31.7 Å². The minimum absolute atomic E-state index is 0.450. The average Bonchev–Trinajstić information content (AvgIpc) is 2.26. The van der Waals surface area contributed by atoms with Gasteiger partial charge in [-0.15, -0.1) is 0 Å². The van der Waals surface area contributed by atoms with Gasteiger partial charge in [0.1, 0.15) is 0 Å². The fourth-order valence-corrected chi connectivity index (χ4v) is 4.09. The van der Waals surface area contributed by atoms with Crippen LogP contribution in [0.5, 0.6) is 0 Å². The predicted molar refractivity (Wildman–Crippen MR) is 77.5 cm³/mol. The van der Waals surface area contributed by atoms with Gasteiger partial charge in [-0.1, -0.05) is 0 Å². The molecule has 1 rings (SSSR count). The molecule has 1 unspecified atom stereocenters. The van der Waals surface area contributed by atoms with Gasteiger partial charge in [0, 0.05) is 0 Å². The summed E-state index contributed by atoms with van der Waals surface area (Å²) in [5.41, 5.74) is 1.37. The van der Waals surface area contributed by atoms with Crippen LogP contribution in [0.3, 0.4) is 0 Å². The van der Waals surface area contributed by atoms with Crippen molar-refractivity contribution in [3.63, 3.8) is 0 Å². The Morgan fingerprint density at radius 1 is 1.38 bits per heavy atom. The number of hydrogen-bond acceptors (Lipinski definition) is 1. The molecule has 0 aliphatic rings. The van der Waals surface area contributed by atoms with Crippen molar-refractivity contribution in [2.45, 2.75) is 31.4 Å². The van der Waals surface area contributed by atoms with Crippen molar-refractivity contribution in [3.8, 4) is 0 Å². The Balaban J connectivity index is 2.82. The van der Waals surface area contributed by atoms with E-state index in [0.29, 0.717) is 11.2 Å². The fraction of sp³-hybridized carbons (Fsp3) is 0.357. The zero-order valence-corrected chi connectivity index (χ0v) is 12.4. The molecule has 0 saturated carbocycles. The van der Waals surface area contributed by atoms with Gasteiger partial charge in [-0.05, 0) is 0 Å². The van der Waals surface area contributed by atoms with Gasteiger partial charge in [-0.3, -0.25) is 0 Å². The molecule has 0 heterocycles. The Morgan fingerprint density at radius 3 is 2.50 bits per heavy atom. The Bertz CT molecular complexity index is 343. The summed E-state index contributed by atoms with van der Waals surface area (Å²) < 4.78 is 1.36. The van der Waals surface area contributed by atoms with Gasteiger partial charge >= 0.3 is 111 Å². The van der Waals surface area contributed by atoms with Crippen LogP contribution < -0.4 is 0 Å². The van der Waals surface area contributed by atoms with E-state index in [-0.39, 0.29) is 0 Å². The molecule has 0 spiro atoms. The molecule has 0 saturated heterocycles. The Morgan fingerprint density at radius 2 is 2.00 bits per heavy atom. The Kier molecular flexibility index (Phi) is 6.12. The van der Waals surface area contributed by atoms with Crippen LogP contribution in [0, 0.1) is 0 Å². The van der Waals surface area contributed by atoms with E-state index in [4.69, 9.17) is 0 Å². The van der Waals surface area contributed by atoms with E-state index < -0.39 is 0 Å². The first-order chi connectivity index (χ1) is 7.65. The Labute approximate surface area is 111 Å². The van der Waals surface area contributed by atoms with Crippen LogP contribution in [0.25, 0.3) is 0 Å². The number of allylic oxidation sites excluding steroid dienone is 1. The van der Waals surface area contributed by atoms with Gasteiger partial charge < -0.3 is 0 Å². The number of thioether (sulfide) groups is 1. The molecule has 2 heteroatoms. The van der Waals surface area contributed by atoms with Crippen LogP contribution in [0.2, 0.25) is 0 Å². The molecule has 0 aliphatic heterocycles. The fourth-order valence-electron chi connectivity index (χ4n) is 1.53. The summed E-state index contributed by atoms with van der Waals surface area (Å²) in [4.78, 5) is 0. The summed E-state index contributed by atoms with van der Waals surface area (Å²) >= 11 is 5.13. The molecule has 0 aliphatic carbocycles. The minimum atomic E-state index is 0.450. The van der Waals surface area contributed by atoms with Crippen molar-refractivity contribution < 1.29 is 0 Å². The summed E-state index contributed by atoms with van der Waals surface area (Å²) in [7, 11) is 0. The summed E-state index contributed by atoms with van der Waals surface area (Å²) in [6.45, 7) is 8.29. The first-order valence-electron chi connectivity index (χ1n) is 5.51. The molecule has 1 aromatic rings. The average molecular weight is 297 g/mol. The molecule has 0 N–H and O–H groups in total. The maximum absolute atomic E-state index is 3.85. The molecule has 16 heavy (non-hydrogen) atoms. The van der Waals surface area contributed by atoms with Gasteiger partial charge in [0.15, 0.2) is 0 Å². The van der Waals surface area contributed by atoms with Gasteiger partial charge in [0.05, 0.1) is 0 Å². The maximum atomic E-state index is 3.85.